The number of aromatic nitrogens is 2. The lowest BCUT2D eigenvalue weighted by Gasteiger charge is -2.12. The molecule has 20 heavy (non-hydrogen) atoms. The van der Waals surface area contributed by atoms with Gasteiger partial charge in [0.05, 0.1) is 16.8 Å². The minimum atomic E-state index is -4.57. The Bertz CT molecular complexity index is 760. The molecule has 0 saturated heterocycles. The molecule has 0 aliphatic carbocycles. The molecule has 0 N–H and O–H groups in total. The first-order valence-electron chi connectivity index (χ1n) is 5.21. The second-order valence-corrected chi connectivity index (χ2v) is 3.77. The summed E-state index contributed by atoms with van der Waals surface area (Å²) in [4.78, 5) is 14.6. The molecule has 1 aromatic carbocycles. The van der Waals surface area contributed by atoms with E-state index in [9.17, 15) is 23.1 Å². The zero-order valence-electron chi connectivity index (χ0n) is 9.68. The summed E-state index contributed by atoms with van der Waals surface area (Å²) in [5.74, 6) is -1.01. The van der Waals surface area contributed by atoms with Crippen molar-refractivity contribution in [3.05, 3.63) is 52.1 Å². The van der Waals surface area contributed by atoms with Crippen LogP contribution in [0.4, 0.5) is 13.2 Å². The Morgan fingerprint density at radius 1 is 1.35 bits per heavy atom. The van der Waals surface area contributed by atoms with Gasteiger partial charge in [-0.15, -0.1) is 0 Å². The predicted octanol–water partition coefficient (Wildman–Crippen LogP) is 1.20. The minimum Gasteiger partial charge on any atom is -0.858 e. The lowest BCUT2D eigenvalue weighted by Crippen LogP contribution is -2.23. The normalized spacial score (nSPS) is 11.1. The van der Waals surface area contributed by atoms with Crippen molar-refractivity contribution in [3.63, 3.8) is 0 Å². The fourth-order valence-corrected chi connectivity index (χ4v) is 1.53. The van der Waals surface area contributed by atoms with Gasteiger partial charge in [0, 0.05) is 12.1 Å². The average Bonchev–Trinajstić information content (AvgIpc) is 2.38. The number of rotatable bonds is 1. The van der Waals surface area contributed by atoms with Crippen LogP contribution in [-0.4, -0.2) is 9.55 Å². The maximum Gasteiger partial charge on any atom is 0.416 e. The number of nitrogens with zero attached hydrogens (tertiary/aromatic N) is 3. The molecule has 2 aromatic rings. The standard InChI is InChI=1S/C12H6F3N3O2/c13-12(14,15)8-2-1-3-9(4-8)18-6-7(5-16)10(19)17-11(18)20/h1-4,6H,(H,17,19,20)/p-1. The van der Waals surface area contributed by atoms with Crippen LogP contribution in [0.1, 0.15) is 11.1 Å². The quantitative estimate of drug-likeness (QED) is 0.785. The van der Waals surface area contributed by atoms with Gasteiger partial charge in [0.2, 0.25) is 0 Å². The maximum atomic E-state index is 12.6. The summed E-state index contributed by atoms with van der Waals surface area (Å²) in [5, 5.41) is 19.8. The van der Waals surface area contributed by atoms with Gasteiger partial charge in [0.25, 0.3) is 0 Å². The number of alkyl halides is 3. The van der Waals surface area contributed by atoms with E-state index in [4.69, 9.17) is 5.26 Å². The van der Waals surface area contributed by atoms with Gasteiger partial charge in [0.15, 0.2) is 0 Å². The molecular formula is C12H5F3N3O2-. The maximum absolute atomic E-state index is 12.6. The second kappa shape index (κ2) is 4.70. The summed E-state index contributed by atoms with van der Waals surface area (Å²) in [6.45, 7) is 0. The Balaban J connectivity index is 2.64. The molecular weight excluding hydrogens is 275 g/mol. The van der Waals surface area contributed by atoms with Crippen LogP contribution in [0.3, 0.4) is 0 Å². The first-order chi connectivity index (χ1) is 9.32. The highest BCUT2D eigenvalue weighted by atomic mass is 19.4. The molecule has 0 saturated carbocycles. The lowest BCUT2D eigenvalue weighted by atomic mass is 10.2. The highest BCUT2D eigenvalue weighted by Gasteiger charge is 2.30. The van der Waals surface area contributed by atoms with Crippen LogP contribution in [-0.2, 0) is 6.18 Å². The van der Waals surface area contributed by atoms with E-state index in [0.717, 1.165) is 29.0 Å². The van der Waals surface area contributed by atoms with E-state index >= 15 is 0 Å². The van der Waals surface area contributed by atoms with Crippen molar-refractivity contribution < 1.29 is 18.3 Å². The van der Waals surface area contributed by atoms with Gasteiger partial charge in [0.1, 0.15) is 6.07 Å². The molecule has 102 valence electrons. The van der Waals surface area contributed by atoms with Crippen LogP contribution in [0.15, 0.2) is 35.3 Å². The Hall–Kier alpha value is -2.82. The smallest absolute Gasteiger partial charge is 0.416 e. The van der Waals surface area contributed by atoms with Crippen molar-refractivity contribution in [1.29, 1.82) is 5.26 Å². The number of hydrogen-bond acceptors (Lipinski definition) is 4. The van der Waals surface area contributed by atoms with E-state index in [-0.39, 0.29) is 5.69 Å². The molecule has 1 aromatic heterocycles. The number of nitriles is 1. The summed E-state index contributed by atoms with van der Waals surface area (Å²) >= 11 is 0. The van der Waals surface area contributed by atoms with Crippen molar-refractivity contribution in [2.45, 2.75) is 6.18 Å². The Labute approximate surface area is 110 Å². The van der Waals surface area contributed by atoms with Gasteiger partial charge < -0.3 is 5.11 Å². The fraction of sp³-hybridized carbons (Fsp3) is 0.0833. The largest absolute Gasteiger partial charge is 0.858 e. The SMILES string of the molecule is N#Cc1cn(-c2cccc(C(F)(F)F)c2)c(=O)nc1[O-]. The van der Waals surface area contributed by atoms with E-state index in [0.29, 0.717) is 0 Å². The molecule has 0 bridgehead atoms. The van der Waals surface area contributed by atoms with Gasteiger partial charge >= 0.3 is 11.9 Å². The highest BCUT2D eigenvalue weighted by molar-refractivity contribution is 5.41. The zero-order chi connectivity index (χ0) is 14.9. The van der Waals surface area contributed by atoms with E-state index in [1.807, 2.05) is 0 Å². The van der Waals surface area contributed by atoms with E-state index < -0.39 is 28.9 Å². The third-order valence-corrected chi connectivity index (χ3v) is 2.46. The molecule has 0 atom stereocenters. The van der Waals surface area contributed by atoms with Gasteiger partial charge in [-0.05, 0) is 18.2 Å². The van der Waals surface area contributed by atoms with Crippen molar-refractivity contribution >= 4 is 0 Å². The molecule has 0 radical (unpaired) electrons. The van der Waals surface area contributed by atoms with Crippen LogP contribution in [0.25, 0.3) is 5.69 Å². The Morgan fingerprint density at radius 2 is 2.05 bits per heavy atom. The first kappa shape index (κ1) is 13.6. The van der Waals surface area contributed by atoms with Crippen LogP contribution in [0.2, 0.25) is 0 Å². The average molecular weight is 280 g/mol. The molecule has 0 fully saturated rings. The Kier molecular flexibility index (Phi) is 3.19. The fourth-order valence-electron chi connectivity index (χ4n) is 1.53. The molecule has 0 aliphatic rings. The summed E-state index contributed by atoms with van der Waals surface area (Å²) in [7, 11) is 0. The van der Waals surface area contributed by atoms with Crippen molar-refractivity contribution in [2.24, 2.45) is 0 Å². The van der Waals surface area contributed by atoms with Crippen molar-refractivity contribution in [1.82, 2.24) is 9.55 Å². The number of benzene rings is 1. The topological polar surface area (TPSA) is 81.7 Å². The first-order valence-corrected chi connectivity index (χ1v) is 5.21. The van der Waals surface area contributed by atoms with E-state index in [1.54, 1.807) is 0 Å². The monoisotopic (exact) mass is 280 g/mol. The molecule has 5 nitrogen and oxygen atoms in total. The molecule has 2 rings (SSSR count). The molecule has 1 heterocycles. The summed E-state index contributed by atoms with van der Waals surface area (Å²) in [5.41, 5.74) is -2.56. The lowest BCUT2D eigenvalue weighted by molar-refractivity contribution is -0.275. The molecule has 0 unspecified atom stereocenters. The van der Waals surface area contributed by atoms with Crippen molar-refractivity contribution in [2.75, 3.05) is 0 Å². The van der Waals surface area contributed by atoms with Gasteiger partial charge in [-0.1, -0.05) is 6.07 Å². The van der Waals surface area contributed by atoms with Gasteiger partial charge in [-0.3, -0.25) is 4.57 Å². The predicted molar refractivity (Wildman–Crippen MR) is 59.0 cm³/mol. The zero-order valence-corrected chi connectivity index (χ0v) is 9.68. The van der Waals surface area contributed by atoms with Crippen molar-refractivity contribution in [3.8, 4) is 17.6 Å². The summed E-state index contributed by atoms with van der Waals surface area (Å²) < 4.78 is 38.5. The van der Waals surface area contributed by atoms with Crippen LogP contribution >= 0.6 is 0 Å². The molecule has 0 aliphatic heterocycles. The molecule has 0 spiro atoms. The third-order valence-electron chi connectivity index (χ3n) is 2.46. The summed E-state index contributed by atoms with van der Waals surface area (Å²) in [6.07, 6.45) is -3.70. The van der Waals surface area contributed by atoms with Crippen LogP contribution < -0.4 is 10.8 Å². The Morgan fingerprint density at radius 3 is 2.65 bits per heavy atom. The van der Waals surface area contributed by atoms with Crippen LogP contribution in [0, 0.1) is 11.3 Å². The number of halogens is 3. The van der Waals surface area contributed by atoms with Crippen LogP contribution in [0.5, 0.6) is 5.88 Å². The second-order valence-electron chi connectivity index (χ2n) is 3.77. The highest BCUT2D eigenvalue weighted by Crippen LogP contribution is 2.30. The van der Waals surface area contributed by atoms with Gasteiger partial charge in [-0.2, -0.15) is 18.4 Å². The molecule has 0 amide bonds. The van der Waals surface area contributed by atoms with E-state index in [2.05, 4.69) is 4.98 Å². The number of hydrogen-bond donors (Lipinski definition) is 0. The molecule has 8 heteroatoms. The van der Waals surface area contributed by atoms with E-state index in [1.165, 1.54) is 12.1 Å². The minimum absolute atomic E-state index is 0.131. The summed E-state index contributed by atoms with van der Waals surface area (Å²) in [6, 6.07) is 5.45. The van der Waals surface area contributed by atoms with Gasteiger partial charge in [-0.25, -0.2) is 9.78 Å². The third kappa shape index (κ3) is 2.47.